The smallest absolute Gasteiger partial charge is 0.280 e. The third-order valence-electron chi connectivity index (χ3n) is 2.85. The predicted molar refractivity (Wildman–Crippen MR) is 79.7 cm³/mol. The van der Waals surface area contributed by atoms with E-state index in [1.54, 1.807) is 0 Å². The molecule has 3 aromatic rings. The van der Waals surface area contributed by atoms with Crippen molar-refractivity contribution in [1.82, 2.24) is 19.9 Å². The lowest BCUT2D eigenvalue weighted by atomic mass is 10.2. The minimum atomic E-state index is -0.328. The summed E-state index contributed by atoms with van der Waals surface area (Å²) in [4.78, 5) is 25.3. The minimum Gasteiger partial charge on any atom is -0.369 e. The van der Waals surface area contributed by atoms with Gasteiger partial charge in [0.2, 0.25) is 5.95 Å². The minimum absolute atomic E-state index is 0.0845. The van der Waals surface area contributed by atoms with E-state index in [1.165, 1.54) is 22.9 Å². The van der Waals surface area contributed by atoms with Crippen LogP contribution in [0.1, 0.15) is 11.1 Å². The Balaban J connectivity index is 1.83. The van der Waals surface area contributed by atoms with Crippen LogP contribution in [0.4, 0.5) is 5.95 Å². The number of anilines is 1. The Morgan fingerprint density at radius 1 is 1.20 bits per heavy atom. The van der Waals surface area contributed by atoms with Gasteiger partial charge in [0, 0.05) is 5.75 Å². The van der Waals surface area contributed by atoms with Gasteiger partial charge in [-0.25, -0.2) is 4.98 Å². The van der Waals surface area contributed by atoms with Crippen LogP contribution in [0.15, 0.2) is 34.2 Å². The van der Waals surface area contributed by atoms with Crippen LogP contribution in [-0.4, -0.2) is 19.9 Å². The average Bonchev–Trinajstić information content (AvgIpc) is 2.81. The van der Waals surface area contributed by atoms with Crippen molar-refractivity contribution in [3.05, 3.63) is 45.7 Å². The summed E-state index contributed by atoms with van der Waals surface area (Å²) in [5.74, 6) is 0.856. The second-order valence-electron chi connectivity index (χ2n) is 4.46. The van der Waals surface area contributed by atoms with Crippen molar-refractivity contribution in [1.29, 1.82) is 0 Å². The number of nitrogens with two attached hydrogens (primary N) is 1. The number of rotatable bonds is 3. The van der Waals surface area contributed by atoms with Crippen molar-refractivity contribution in [3.63, 3.8) is 0 Å². The Kier molecular flexibility index (Phi) is 3.19. The van der Waals surface area contributed by atoms with Crippen molar-refractivity contribution < 1.29 is 0 Å². The monoisotopic (exact) mass is 287 g/mol. The van der Waals surface area contributed by atoms with Gasteiger partial charge in [-0.15, -0.1) is 0 Å². The van der Waals surface area contributed by atoms with Crippen molar-refractivity contribution in [3.8, 4) is 0 Å². The molecule has 0 saturated heterocycles. The number of nitrogen functional groups attached to an aromatic ring is 1. The Labute approximate surface area is 118 Å². The maximum Gasteiger partial charge on any atom is 0.280 e. The largest absolute Gasteiger partial charge is 0.369 e. The van der Waals surface area contributed by atoms with Gasteiger partial charge in [-0.05, 0) is 12.5 Å². The van der Waals surface area contributed by atoms with E-state index in [9.17, 15) is 4.79 Å². The number of hydrogen-bond acceptors (Lipinski definition) is 5. The molecule has 2 aromatic heterocycles. The summed E-state index contributed by atoms with van der Waals surface area (Å²) in [6, 6.07) is 8.30. The van der Waals surface area contributed by atoms with Gasteiger partial charge in [0.1, 0.15) is 0 Å². The Bertz CT molecular complexity index is 806. The number of benzene rings is 1. The van der Waals surface area contributed by atoms with Crippen molar-refractivity contribution in [2.75, 3.05) is 5.73 Å². The van der Waals surface area contributed by atoms with E-state index < -0.39 is 0 Å². The van der Waals surface area contributed by atoms with Crippen LogP contribution in [0.2, 0.25) is 0 Å². The lowest BCUT2D eigenvalue weighted by Crippen LogP contribution is -2.10. The van der Waals surface area contributed by atoms with Crippen LogP contribution in [0.5, 0.6) is 0 Å². The fraction of sp³-hybridized carbons (Fsp3) is 0.154. The van der Waals surface area contributed by atoms with Gasteiger partial charge in [-0.1, -0.05) is 41.6 Å². The van der Waals surface area contributed by atoms with Crippen LogP contribution in [0, 0.1) is 6.92 Å². The van der Waals surface area contributed by atoms with Gasteiger partial charge in [-0.3, -0.25) is 9.78 Å². The molecule has 0 bridgehead atoms. The molecular formula is C13H13N5OS. The summed E-state index contributed by atoms with van der Waals surface area (Å²) in [5.41, 5.74) is 8.29. The zero-order valence-electron chi connectivity index (χ0n) is 10.8. The molecule has 2 heterocycles. The van der Waals surface area contributed by atoms with E-state index in [0.717, 1.165) is 5.75 Å². The number of nitrogens with zero attached hydrogens (tertiary/aromatic N) is 2. The van der Waals surface area contributed by atoms with Gasteiger partial charge in [0.15, 0.2) is 16.3 Å². The fourth-order valence-electron chi connectivity index (χ4n) is 1.81. The highest BCUT2D eigenvalue weighted by molar-refractivity contribution is 7.98. The zero-order chi connectivity index (χ0) is 14.1. The fourth-order valence-corrected chi connectivity index (χ4v) is 2.63. The molecule has 0 aliphatic carbocycles. The highest BCUT2D eigenvalue weighted by Crippen LogP contribution is 2.21. The highest BCUT2D eigenvalue weighted by atomic mass is 32.2. The van der Waals surface area contributed by atoms with Gasteiger partial charge in [0.25, 0.3) is 5.56 Å². The molecule has 0 unspecified atom stereocenters. The summed E-state index contributed by atoms with van der Waals surface area (Å²) in [7, 11) is 0. The summed E-state index contributed by atoms with van der Waals surface area (Å²) in [6.45, 7) is 2.05. The number of H-pyrrole nitrogens is 2. The van der Waals surface area contributed by atoms with Gasteiger partial charge < -0.3 is 10.7 Å². The lowest BCUT2D eigenvalue weighted by molar-refractivity contribution is 1.07. The third-order valence-corrected chi connectivity index (χ3v) is 3.79. The zero-order valence-corrected chi connectivity index (χ0v) is 11.6. The number of aryl methyl sites for hydroxylation is 1. The standard InChI is InChI=1S/C13H13N5OS/c1-7-2-4-8(5-3-7)6-20-13-15-9-10(17-13)16-12(14)18-11(9)19/h2-5H,6H2,1H3,(H4,14,15,16,17,18,19). The molecule has 20 heavy (non-hydrogen) atoms. The number of hydrogen-bond donors (Lipinski definition) is 3. The first-order chi connectivity index (χ1) is 9.61. The molecule has 7 heteroatoms. The quantitative estimate of drug-likeness (QED) is 0.638. The molecule has 1 aromatic carbocycles. The Hall–Kier alpha value is -2.28. The van der Waals surface area contributed by atoms with Crippen molar-refractivity contribution in [2.24, 2.45) is 0 Å². The molecule has 0 aliphatic heterocycles. The summed E-state index contributed by atoms with van der Waals surface area (Å²) in [6.07, 6.45) is 0. The van der Waals surface area contributed by atoms with Crippen LogP contribution in [-0.2, 0) is 5.75 Å². The predicted octanol–water partition coefficient (Wildman–Crippen LogP) is 1.83. The van der Waals surface area contributed by atoms with Crippen LogP contribution >= 0.6 is 11.8 Å². The second-order valence-corrected chi connectivity index (χ2v) is 5.43. The molecule has 4 N–H and O–H groups in total. The number of thioether (sulfide) groups is 1. The first-order valence-corrected chi connectivity index (χ1v) is 7.04. The summed E-state index contributed by atoms with van der Waals surface area (Å²) < 4.78 is 0. The number of aromatic amines is 2. The van der Waals surface area contributed by atoms with Crippen molar-refractivity contribution >= 4 is 28.9 Å². The topological polar surface area (TPSA) is 100 Å². The maximum absolute atomic E-state index is 11.7. The molecule has 0 aliphatic rings. The van der Waals surface area contributed by atoms with E-state index in [0.29, 0.717) is 10.8 Å². The van der Waals surface area contributed by atoms with E-state index in [1.807, 2.05) is 0 Å². The number of nitrogens with one attached hydrogen (secondary N) is 2. The SMILES string of the molecule is Cc1ccc(CSc2nc3c(=O)[nH]c(N)nc3[nH]2)cc1. The summed E-state index contributed by atoms with van der Waals surface area (Å²) in [5, 5.41) is 0.657. The maximum atomic E-state index is 11.7. The normalized spacial score (nSPS) is 11.1. The van der Waals surface area contributed by atoms with E-state index in [-0.39, 0.29) is 17.0 Å². The van der Waals surface area contributed by atoms with E-state index in [2.05, 4.69) is 51.1 Å². The molecule has 0 amide bonds. The molecule has 0 fully saturated rings. The van der Waals surface area contributed by atoms with Gasteiger partial charge >= 0.3 is 0 Å². The second kappa shape index (κ2) is 5.01. The average molecular weight is 287 g/mol. The molecule has 0 atom stereocenters. The third kappa shape index (κ3) is 2.53. The first kappa shape index (κ1) is 12.7. The Morgan fingerprint density at radius 2 is 1.95 bits per heavy atom. The van der Waals surface area contributed by atoms with Crippen LogP contribution in [0.25, 0.3) is 11.2 Å². The number of aromatic nitrogens is 4. The molecule has 0 saturated carbocycles. The Morgan fingerprint density at radius 3 is 2.70 bits per heavy atom. The number of fused-ring (bicyclic) bond motifs is 1. The highest BCUT2D eigenvalue weighted by Gasteiger charge is 2.09. The van der Waals surface area contributed by atoms with E-state index >= 15 is 0 Å². The van der Waals surface area contributed by atoms with Crippen molar-refractivity contribution in [2.45, 2.75) is 17.8 Å². The first-order valence-electron chi connectivity index (χ1n) is 6.05. The number of imidazole rings is 1. The molecular weight excluding hydrogens is 274 g/mol. The van der Waals surface area contributed by atoms with Gasteiger partial charge in [-0.2, -0.15) is 4.98 Å². The summed E-state index contributed by atoms with van der Waals surface area (Å²) >= 11 is 1.52. The molecule has 0 spiro atoms. The van der Waals surface area contributed by atoms with Crippen LogP contribution in [0.3, 0.4) is 0 Å². The molecule has 102 valence electrons. The molecule has 6 nitrogen and oxygen atoms in total. The van der Waals surface area contributed by atoms with E-state index in [4.69, 9.17) is 5.73 Å². The van der Waals surface area contributed by atoms with Gasteiger partial charge in [0.05, 0.1) is 0 Å². The molecule has 3 rings (SSSR count). The molecule has 0 radical (unpaired) electrons. The van der Waals surface area contributed by atoms with Crippen LogP contribution < -0.4 is 11.3 Å². The lowest BCUT2D eigenvalue weighted by Gasteiger charge is -1.99.